The smallest absolute Gasteiger partial charge is 0.120 e. The summed E-state index contributed by atoms with van der Waals surface area (Å²) in [6, 6.07) is 5.16. The van der Waals surface area contributed by atoms with Crippen LogP contribution in [-0.4, -0.2) is 6.04 Å². The lowest BCUT2D eigenvalue weighted by Crippen LogP contribution is -2.28. The Morgan fingerprint density at radius 1 is 1.36 bits per heavy atom. The number of furan rings is 1. The Labute approximate surface area is 85.7 Å². The molecule has 78 valence electrons. The van der Waals surface area contributed by atoms with Gasteiger partial charge in [0.05, 0.1) is 6.04 Å². The highest BCUT2D eigenvalue weighted by atomic mass is 16.3. The zero-order valence-corrected chi connectivity index (χ0v) is 9.05. The van der Waals surface area contributed by atoms with Crippen molar-refractivity contribution in [2.75, 3.05) is 0 Å². The summed E-state index contributed by atoms with van der Waals surface area (Å²) in [4.78, 5) is 0. The third-order valence-corrected chi connectivity index (χ3v) is 3.03. The fourth-order valence-corrected chi connectivity index (χ4v) is 2.21. The topological polar surface area (TPSA) is 25.2 Å². The predicted molar refractivity (Wildman–Crippen MR) is 57.3 cm³/mol. The van der Waals surface area contributed by atoms with Crippen molar-refractivity contribution in [2.24, 2.45) is 0 Å². The summed E-state index contributed by atoms with van der Waals surface area (Å²) in [5.41, 5.74) is 0. The summed E-state index contributed by atoms with van der Waals surface area (Å²) in [5.74, 6) is 2.06. The van der Waals surface area contributed by atoms with Crippen molar-refractivity contribution < 1.29 is 4.42 Å². The van der Waals surface area contributed by atoms with Crippen LogP contribution in [0.3, 0.4) is 0 Å². The van der Waals surface area contributed by atoms with Crippen LogP contribution in [0.25, 0.3) is 0 Å². The van der Waals surface area contributed by atoms with Gasteiger partial charge in [-0.05, 0) is 38.8 Å². The summed E-state index contributed by atoms with van der Waals surface area (Å²) < 4.78 is 5.59. The number of nitrogens with one attached hydrogen (secondary N) is 1. The zero-order chi connectivity index (χ0) is 9.97. The van der Waals surface area contributed by atoms with Crippen molar-refractivity contribution in [2.45, 2.75) is 51.6 Å². The van der Waals surface area contributed by atoms with Crippen LogP contribution < -0.4 is 5.32 Å². The fourth-order valence-electron chi connectivity index (χ4n) is 2.21. The normalized spacial score (nSPS) is 20.1. The van der Waals surface area contributed by atoms with Crippen LogP contribution in [0.1, 0.15) is 50.2 Å². The summed E-state index contributed by atoms with van der Waals surface area (Å²) >= 11 is 0. The molecule has 2 rings (SSSR count). The van der Waals surface area contributed by atoms with Crippen molar-refractivity contribution in [3.05, 3.63) is 23.7 Å². The Balaban J connectivity index is 1.91. The van der Waals surface area contributed by atoms with E-state index in [1.54, 1.807) is 0 Å². The number of hydrogen-bond acceptors (Lipinski definition) is 2. The molecule has 1 aromatic heterocycles. The second-order valence-corrected chi connectivity index (χ2v) is 4.32. The molecule has 1 atom stereocenters. The minimum Gasteiger partial charge on any atom is -0.465 e. The molecule has 1 heterocycles. The van der Waals surface area contributed by atoms with E-state index in [1.165, 1.54) is 25.7 Å². The van der Waals surface area contributed by atoms with Crippen LogP contribution in [0.15, 0.2) is 16.5 Å². The summed E-state index contributed by atoms with van der Waals surface area (Å²) in [6.45, 7) is 4.17. The van der Waals surface area contributed by atoms with Crippen LogP contribution in [0.5, 0.6) is 0 Å². The summed E-state index contributed by atoms with van der Waals surface area (Å²) in [6.07, 6.45) is 5.40. The summed E-state index contributed by atoms with van der Waals surface area (Å²) in [7, 11) is 0. The first-order valence-corrected chi connectivity index (χ1v) is 5.58. The lowest BCUT2D eigenvalue weighted by molar-refractivity contribution is 0.381. The molecule has 0 radical (unpaired) electrons. The van der Waals surface area contributed by atoms with Gasteiger partial charge in [0.25, 0.3) is 0 Å². The highest BCUT2D eigenvalue weighted by Crippen LogP contribution is 2.22. The van der Waals surface area contributed by atoms with E-state index >= 15 is 0 Å². The van der Waals surface area contributed by atoms with Crippen molar-refractivity contribution >= 4 is 0 Å². The minimum atomic E-state index is 0.354. The number of aryl methyl sites for hydroxylation is 1. The van der Waals surface area contributed by atoms with Gasteiger partial charge in [0.1, 0.15) is 11.5 Å². The predicted octanol–water partition coefficient (Wildman–Crippen LogP) is 3.18. The molecule has 0 aromatic carbocycles. The van der Waals surface area contributed by atoms with Gasteiger partial charge in [-0.25, -0.2) is 0 Å². The maximum absolute atomic E-state index is 5.59. The van der Waals surface area contributed by atoms with E-state index in [1.807, 2.05) is 13.0 Å². The fraction of sp³-hybridized carbons (Fsp3) is 0.667. The van der Waals surface area contributed by atoms with E-state index in [0.717, 1.165) is 11.5 Å². The molecule has 0 aliphatic heterocycles. The first kappa shape index (κ1) is 9.78. The molecule has 14 heavy (non-hydrogen) atoms. The molecular formula is C12H19NO. The second kappa shape index (κ2) is 4.18. The lowest BCUT2D eigenvalue weighted by Gasteiger charge is -2.17. The molecule has 0 amide bonds. The van der Waals surface area contributed by atoms with Crippen molar-refractivity contribution in [3.63, 3.8) is 0 Å². The molecule has 1 saturated carbocycles. The van der Waals surface area contributed by atoms with Gasteiger partial charge in [-0.2, -0.15) is 0 Å². The highest BCUT2D eigenvalue weighted by molar-refractivity contribution is 5.09. The number of rotatable bonds is 3. The molecular weight excluding hydrogens is 174 g/mol. The molecule has 0 saturated heterocycles. The van der Waals surface area contributed by atoms with Crippen LogP contribution in [-0.2, 0) is 0 Å². The Bertz CT molecular complexity index is 286. The third kappa shape index (κ3) is 2.18. The zero-order valence-electron chi connectivity index (χ0n) is 9.05. The van der Waals surface area contributed by atoms with E-state index in [0.29, 0.717) is 12.1 Å². The second-order valence-electron chi connectivity index (χ2n) is 4.32. The SMILES string of the molecule is Cc1ccc(C(C)NC2CCCC2)o1. The largest absolute Gasteiger partial charge is 0.465 e. The van der Waals surface area contributed by atoms with Crippen molar-refractivity contribution in [1.82, 2.24) is 5.32 Å². The molecule has 0 bridgehead atoms. The van der Waals surface area contributed by atoms with Gasteiger partial charge >= 0.3 is 0 Å². The van der Waals surface area contributed by atoms with Gasteiger partial charge in [-0.15, -0.1) is 0 Å². The van der Waals surface area contributed by atoms with Gasteiger partial charge in [-0.3, -0.25) is 0 Å². The van der Waals surface area contributed by atoms with Crippen LogP contribution in [0.2, 0.25) is 0 Å². The van der Waals surface area contributed by atoms with Crippen molar-refractivity contribution in [1.29, 1.82) is 0 Å². The van der Waals surface area contributed by atoms with Crippen LogP contribution in [0, 0.1) is 6.92 Å². The van der Waals surface area contributed by atoms with E-state index in [4.69, 9.17) is 4.42 Å². The Kier molecular flexibility index (Phi) is 2.92. The van der Waals surface area contributed by atoms with E-state index < -0.39 is 0 Å². The lowest BCUT2D eigenvalue weighted by atomic mass is 10.2. The third-order valence-electron chi connectivity index (χ3n) is 3.03. The Morgan fingerprint density at radius 2 is 2.07 bits per heavy atom. The Hall–Kier alpha value is -0.760. The minimum absolute atomic E-state index is 0.354. The monoisotopic (exact) mass is 193 g/mol. The standard InChI is InChI=1S/C12H19NO/c1-9-7-8-12(14-9)10(2)13-11-5-3-4-6-11/h7-8,10-11,13H,3-6H2,1-2H3. The van der Waals surface area contributed by atoms with Gasteiger partial charge in [0.2, 0.25) is 0 Å². The van der Waals surface area contributed by atoms with Gasteiger partial charge < -0.3 is 9.73 Å². The Morgan fingerprint density at radius 3 is 2.64 bits per heavy atom. The molecule has 1 aromatic rings. The molecule has 1 aliphatic carbocycles. The highest BCUT2D eigenvalue weighted by Gasteiger charge is 2.18. The molecule has 1 N–H and O–H groups in total. The van der Waals surface area contributed by atoms with E-state index in [2.05, 4.69) is 18.3 Å². The molecule has 0 spiro atoms. The molecule has 1 aliphatic rings. The average Bonchev–Trinajstić information content (AvgIpc) is 2.75. The maximum atomic E-state index is 5.59. The van der Waals surface area contributed by atoms with Gasteiger partial charge in [-0.1, -0.05) is 12.8 Å². The average molecular weight is 193 g/mol. The van der Waals surface area contributed by atoms with E-state index in [9.17, 15) is 0 Å². The van der Waals surface area contributed by atoms with Gasteiger partial charge in [0.15, 0.2) is 0 Å². The molecule has 2 nitrogen and oxygen atoms in total. The summed E-state index contributed by atoms with van der Waals surface area (Å²) in [5, 5.41) is 3.61. The quantitative estimate of drug-likeness (QED) is 0.797. The van der Waals surface area contributed by atoms with Crippen molar-refractivity contribution in [3.8, 4) is 0 Å². The molecule has 1 unspecified atom stereocenters. The first-order chi connectivity index (χ1) is 6.75. The first-order valence-electron chi connectivity index (χ1n) is 5.58. The molecule has 2 heteroatoms. The van der Waals surface area contributed by atoms with E-state index in [-0.39, 0.29) is 0 Å². The van der Waals surface area contributed by atoms with Crippen LogP contribution in [0.4, 0.5) is 0 Å². The maximum Gasteiger partial charge on any atom is 0.120 e. The molecule has 1 fully saturated rings. The van der Waals surface area contributed by atoms with Crippen LogP contribution >= 0.6 is 0 Å². The number of hydrogen-bond donors (Lipinski definition) is 1. The van der Waals surface area contributed by atoms with Gasteiger partial charge in [0, 0.05) is 6.04 Å².